The number of β-amino-alcohol motifs (C(OH)–C–C–N with tert-alkyl or cyclic N) is 1. The van der Waals surface area contributed by atoms with E-state index in [9.17, 15) is 9.59 Å². The molecule has 2 aromatic rings. The molecule has 0 saturated carbocycles. The van der Waals surface area contributed by atoms with Crippen molar-refractivity contribution in [3.05, 3.63) is 71.4 Å². The number of ether oxygens (including phenoxy) is 1. The Morgan fingerprint density at radius 2 is 1.88 bits per heavy atom. The molecule has 1 aliphatic heterocycles. The Kier molecular flexibility index (Phi) is 5.34. The number of hydrogen-bond donors (Lipinski definition) is 2. The molecule has 2 amide bonds. The molecule has 0 bridgehead atoms. The summed E-state index contributed by atoms with van der Waals surface area (Å²) in [7, 11) is 0. The van der Waals surface area contributed by atoms with Gasteiger partial charge in [-0.05, 0) is 36.2 Å². The third-order valence-corrected chi connectivity index (χ3v) is 4.02. The molecule has 6 heteroatoms. The van der Waals surface area contributed by atoms with Crippen LogP contribution >= 0.6 is 0 Å². The Bertz CT molecular complexity index is 846. The van der Waals surface area contributed by atoms with Crippen LogP contribution in [0, 0.1) is 6.92 Å². The molecule has 0 saturated heterocycles. The van der Waals surface area contributed by atoms with Gasteiger partial charge in [0.25, 0.3) is 11.8 Å². The van der Waals surface area contributed by atoms with Crippen LogP contribution < -0.4 is 10.1 Å². The fraction of sp³-hybridized carbons (Fsp3) is 0.200. The van der Waals surface area contributed by atoms with E-state index in [1.165, 1.54) is 6.08 Å². The second-order valence-corrected chi connectivity index (χ2v) is 5.96. The second kappa shape index (κ2) is 7.84. The minimum absolute atomic E-state index is 0.00929. The molecule has 0 aliphatic carbocycles. The first-order chi connectivity index (χ1) is 12.6. The summed E-state index contributed by atoms with van der Waals surface area (Å²) < 4.78 is 5.84. The Hall–Kier alpha value is -3.12. The highest BCUT2D eigenvalue weighted by Crippen LogP contribution is 2.25. The summed E-state index contributed by atoms with van der Waals surface area (Å²) in [6, 6.07) is 15.4. The molecule has 2 aromatic carbocycles. The summed E-state index contributed by atoms with van der Waals surface area (Å²) in [4.78, 5) is 24.9. The molecule has 0 spiro atoms. The molecule has 0 fully saturated rings. The lowest BCUT2D eigenvalue weighted by molar-refractivity contribution is -0.137. The quantitative estimate of drug-likeness (QED) is 0.747. The molecule has 6 nitrogen and oxygen atoms in total. The highest BCUT2D eigenvalue weighted by Gasteiger charge is 2.30. The van der Waals surface area contributed by atoms with Gasteiger partial charge in [0.15, 0.2) is 0 Å². The summed E-state index contributed by atoms with van der Waals surface area (Å²) in [6.07, 6.45) is 1.24. The lowest BCUT2D eigenvalue weighted by Crippen LogP contribution is -2.34. The first-order valence-corrected chi connectivity index (χ1v) is 8.31. The molecule has 134 valence electrons. The number of benzene rings is 2. The number of aliphatic hydroxyl groups excluding tert-OH is 1. The Balaban J connectivity index is 1.65. The van der Waals surface area contributed by atoms with Crippen LogP contribution in [-0.2, 0) is 16.2 Å². The third-order valence-electron chi connectivity index (χ3n) is 4.02. The van der Waals surface area contributed by atoms with Crippen molar-refractivity contribution in [1.82, 2.24) is 4.90 Å². The van der Waals surface area contributed by atoms with Gasteiger partial charge in [-0.1, -0.05) is 30.3 Å². The van der Waals surface area contributed by atoms with E-state index in [-0.39, 0.29) is 18.8 Å². The van der Waals surface area contributed by atoms with Gasteiger partial charge in [0.2, 0.25) is 0 Å². The van der Waals surface area contributed by atoms with E-state index in [0.717, 1.165) is 21.8 Å². The highest BCUT2D eigenvalue weighted by atomic mass is 16.5. The van der Waals surface area contributed by atoms with Gasteiger partial charge in [0.05, 0.1) is 13.2 Å². The summed E-state index contributed by atoms with van der Waals surface area (Å²) in [6.45, 7) is 2.12. The largest absolute Gasteiger partial charge is 0.489 e. The topological polar surface area (TPSA) is 78.9 Å². The average molecular weight is 352 g/mol. The normalized spacial score (nSPS) is 13.8. The zero-order valence-electron chi connectivity index (χ0n) is 14.4. The Morgan fingerprint density at radius 1 is 1.12 bits per heavy atom. The summed E-state index contributed by atoms with van der Waals surface area (Å²) in [5.74, 6) is -0.110. The van der Waals surface area contributed by atoms with E-state index in [4.69, 9.17) is 9.84 Å². The predicted octanol–water partition coefficient (Wildman–Crippen LogP) is 2.23. The van der Waals surface area contributed by atoms with Gasteiger partial charge in [0.1, 0.15) is 18.1 Å². The lowest BCUT2D eigenvalue weighted by atomic mass is 10.2. The molecular weight excluding hydrogens is 332 g/mol. The van der Waals surface area contributed by atoms with Gasteiger partial charge in [0, 0.05) is 11.8 Å². The van der Waals surface area contributed by atoms with E-state index in [1.807, 2.05) is 49.4 Å². The number of aryl methyl sites for hydroxylation is 1. The van der Waals surface area contributed by atoms with E-state index < -0.39 is 11.8 Å². The minimum atomic E-state index is -0.439. The third kappa shape index (κ3) is 3.92. The zero-order valence-corrected chi connectivity index (χ0v) is 14.4. The van der Waals surface area contributed by atoms with Crippen molar-refractivity contribution in [2.24, 2.45) is 0 Å². The second-order valence-electron chi connectivity index (χ2n) is 5.96. The summed E-state index contributed by atoms with van der Waals surface area (Å²) >= 11 is 0. The van der Waals surface area contributed by atoms with Crippen molar-refractivity contribution >= 4 is 17.5 Å². The number of hydrogen-bond acceptors (Lipinski definition) is 5. The monoisotopic (exact) mass is 352 g/mol. The van der Waals surface area contributed by atoms with E-state index in [2.05, 4.69) is 5.32 Å². The van der Waals surface area contributed by atoms with Crippen molar-refractivity contribution in [2.45, 2.75) is 13.5 Å². The smallest absolute Gasteiger partial charge is 0.277 e. The number of amides is 2. The van der Waals surface area contributed by atoms with Crippen LogP contribution in [0.4, 0.5) is 5.69 Å². The molecule has 0 atom stereocenters. The van der Waals surface area contributed by atoms with Gasteiger partial charge in [-0.2, -0.15) is 0 Å². The number of aliphatic hydroxyl groups is 1. The van der Waals surface area contributed by atoms with Crippen LogP contribution in [0.5, 0.6) is 5.75 Å². The van der Waals surface area contributed by atoms with Crippen LogP contribution in [0.1, 0.15) is 11.1 Å². The molecule has 0 aromatic heterocycles. The van der Waals surface area contributed by atoms with Crippen molar-refractivity contribution in [3.8, 4) is 5.75 Å². The highest BCUT2D eigenvalue weighted by molar-refractivity contribution is 6.17. The molecule has 3 rings (SSSR count). The molecule has 2 N–H and O–H groups in total. The van der Waals surface area contributed by atoms with Gasteiger partial charge in [-0.15, -0.1) is 0 Å². The Labute approximate surface area is 151 Å². The van der Waals surface area contributed by atoms with Crippen LogP contribution in [0.2, 0.25) is 0 Å². The zero-order chi connectivity index (χ0) is 18.5. The molecule has 0 radical (unpaired) electrons. The van der Waals surface area contributed by atoms with E-state index >= 15 is 0 Å². The first kappa shape index (κ1) is 17.7. The van der Waals surface area contributed by atoms with Crippen LogP contribution in [0.25, 0.3) is 0 Å². The van der Waals surface area contributed by atoms with Gasteiger partial charge >= 0.3 is 0 Å². The van der Waals surface area contributed by atoms with Gasteiger partial charge < -0.3 is 15.2 Å². The molecule has 1 aliphatic rings. The summed E-state index contributed by atoms with van der Waals surface area (Å²) in [5.41, 5.74) is 2.88. The number of imide groups is 1. The van der Waals surface area contributed by atoms with Crippen LogP contribution in [0.3, 0.4) is 0 Å². The molecule has 0 unspecified atom stereocenters. The number of rotatable bonds is 7. The van der Waals surface area contributed by atoms with Gasteiger partial charge in [-0.25, -0.2) is 0 Å². The molecule has 1 heterocycles. The average Bonchev–Trinajstić information content (AvgIpc) is 2.90. The maximum absolute atomic E-state index is 12.2. The maximum atomic E-state index is 12.2. The van der Waals surface area contributed by atoms with Crippen molar-refractivity contribution in [2.75, 3.05) is 18.5 Å². The number of anilines is 1. The lowest BCUT2D eigenvalue weighted by Gasteiger charge is -2.14. The van der Waals surface area contributed by atoms with Crippen LogP contribution in [0.15, 0.2) is 60.3 Å². The Morgan fingerprint density at radius 3 is 2.58 bits per heavy atom. The number of nitrogens with zero attached hydrogens (tertiary/aromatic N) is 1. The summed E-state index contributed by atoms with van der Waals surface area (Å²) in [5, 5.41) is 11.9. The molecular formula is C20H20N2O4. The maximum Gasteiger partial charge on any atom is 0.277 e. The fourth-order valence-electron chi connectivity index (χ4n) is 2.69. The van der Waals surface area contributed by atoms with Crippen molar-refractivity contribution < 1.29 is 19.4 Å². The standard InChI is InChI=1S/C20H20N2O4/c1-14-11-16(21-17-12-19(24)22(9-10-23)20(17)25)7-8-18(14)26-13-15-5-3-2-4-6-15/h2-8,11-12,21,23H,9-10,13H2,1H3. The minimum Gasteiger partial charge on any atom is -0.489 e. The van der Waals surface area contributed by atoms with Crippen LogP contribution in [-0.4, -0.2) is 35.0 Å². The molecule has 26 heavy (non-hydrogen) atoms. The number of carbonyl (C=O) groups is 2. The van der Waals surface area contributed by atoms with E-state index in [1.54, 1.807) is 6.07 Å². The fourth-order valence-corrected chi connectivity index (χ4v) is 2.69. The number of nitrogens with one attached hydrogen (secondary N) is 1. The predicted molar refractivity (Wildman–Crippen MR) is 97.5 cm³/mol. The van der Waals surface area contributed by atoms with Crippen molar-refractivity contribution in [3.63, 3.8) is 0 Å². The van der Waals surface area contributed by atoms with E-state index in [0.29, 0.717) is 12.3 Å². The number of carbonyl (C=O) groups excluding carboxylic acids is 2. The van der Waals surface area contributed by atoms with Gasteiger partial charge in [-0.3, -0.25) is 14.5 Å². The van der Waals surface area contributed by atoms with Crippen molar-refractivity contribution in [1.29, 1.82) is 0 Å². The SMILES string of the molecule is Cc1cc(NC2=CC(=O)N(CCO)C2=O)ccc1OCc1ccccc1. The first-order valence-electron chi connectivity index (χ1n) is 8.31.